The molecule has 0 saturated heterocycles. The fraction of sp³-hybridized carbons (Fsp3) is 0.462. The van der Waals surface area contributed by atoms with Crippen LogP contribution in [-0.2, 0) is 11.2 Å². The SMILES string of the molecule is CCNC(=O)[C@H](C)Sc1ncnc2sc(CC)cc12. The number of amides is 1. The van der Waals surface area contributed by atoms with E-state index in [0.29, 0.717) is 6.54 Å². The summed E-state index contributed by atoms with van der Waals surface area (Å²) in [6.07, 6.45) is 2.57. The fourth-order valence-electron chi connectivity index (χ4n) is 1.69. The molecule has 2 rings (SSSR count). The van der Waals surface area contributed by atoms with Crippen molar-refractivity contribution in [1.82, 2.24) is 15.3 Å². The van der Waals surface area contributed by atoms with Crippen molar-refractivity contribution in [1.29, 1.82) is 0 Å². The Labute approximate surface area is 121 Å². The highest BCUT2D eigenvalue weighted by molar-refractivity contribution is 8.00. The van der Waals surface area contributed by atoms with Gasteiger partial charge in [-0.05, 0) is 26.3 Å². The molecule has 2 aromatic rings. The number of hydrogen-bond acceptors (Lipinski definition) is 5. The molecule has 1 atom stereocenters. The van der Waals surface area contributed by atoms with Gasteiger partial charge in [-0.1, -0.05) is 18.7 Å². The first-order valence-electron chi connectivity index (χ1n) is 6.33. The lowest BCUT2D eigenvalue weighted by Crippen LogP contribution is -2.30. The number of rotatable bonds is 5. The van der Waals surface area contributed by atoms with E-state index in [9.17, 15) is 4.79 Å². The van der Waals surface area contributed by atoms with E-state index in [1.165, 1.54) is 16.6 Å². The van der Waals surface area contributed by atoms with Gasteiger partial charge < -0.3 is 5.32 Å². The van der Waals surface area contributed by atoms with Crippen molar-refractivity contribution < 1.29 is 4.79 Å². The summed E-state index contributed by atoms with van der Waals surface area (Å²) in [6, 6.07) is 2.13. The van der Waals surface area contributed by atoms with E-state index in [4.69, 9.17) is 0 Å². The summed E-state index contributed by atoms with van der Waals surface area (Å²) in [5.74, 6) is 0.0465. The number of aryl methyl sites for hydroxylation is 1. The largest absolute Gasteiger partial charge is 0.355 e. The standard InChI is InChI=1S/C13H17N3OS2/c1-4-9-6-10-12(15-7-16-13(10)19-9)18-8(3)11(17)14-5-2/h6-8H,4-5H2,1-3H3,(H,14,17)/t8-/m0/s1. The van der Waals surface area contributed by atoms with Crippen LogP contribution in [0.3, 0.4) is 0 Å². The third-order valence-corrected chi connectivity index (χ3v) is 5.00. The summed E-state index contributed by atoms with van der Waals surface area (Å²) >= 11 is 3.18. The van der Waals surface area contributed by atoms with Crippen molar-refractivity contribution in [3.8, 4) is 0 Å². The van der Waals surface area contributed by atoms with Crippen LogP contribution in [0.5, 0.6) is 0 Å². The van der Waals surface area contributed by atoms with Gasteiger partial charge in [-0.3, -0.25) is 4.79 Å². The Kier molecular flexibility index (Phi) is 4.76. The van der Waals surface area contributed by atoms with E-state index < -0.39 is 0 Å². The third-order valence-electron chi connectivity index (χ3n) is 2.70. The van der Waals surface area contributed by atoms with Crippen LogP contribution >= 0.6 is 23.1 Å². The minimum Gasteiger partial charge on any atom is -0.355 e. The van der Waals surface area contributed by atoms with E-state index in [1.54, 1.807) is 17.7 Å². The number of thioether (sulfide) groups is 1. The van der Waals surface area contributed by atoms with E-state index >= 15 is 0 Å². The van der Waals surface area contributed by atoms with Crippen LogP contribution in [0.4, 0.5) is 0 Å². The molecule has 2 heterocycles. The number of nitrogens with zero attached hydrogens (tertiary/aromatic N) is 2. The molecule has 6 heteroatoms. The van der Waals surface area contributed by atoms with Crippen LogP contribution in [0.2, 0.25) is 0 Å². The number of carbonyl (C=O) groups excluding carboxylic acids is 1. The van der Waals surface area contributed by atoms with E-state index in [2.05, 4.69) is 28.3 Å². The smallest absolute Gasteiger partial charge is 0.233 e. The molecule has 0 saturated carbocycles. The van der Waals surface area contributed by atoms with Crippen molar-refractivity contribution >= 4 is 39.2 Å². The van der Waals surface area contributed by atoms with Gasteiger partial charge in [0.05, 0.1) is 5.25 Å². The molecule has 1 amide bonds. The molecule has 0 fully saturated rings. The maximum absolute atomic E-state index is 11.8. The molecule has 102 valence electrons. The zero-order chi connectivity index (χ0) is 13.8. The third kappa shape index (κ3) is 3.25. The van der Waals surface area contributed by atoms with Gasteiger partial charge >= 0.3 is 0 Å². The lowest BCUT2D eigenvalue weighted by Gasteiger charge is -2.10. The summed E-state index contributed by atoms with van der Waals surface area (Å²) < 4.78 is 0. The minimum absolute atomic E-state index is 0.0465. The number of fused-ring (bicyclic) bond motifs is 1. The number of aromatic nitrogens is 2. The zero-order valence-corrected chi connectivity index (χ0v) is 12.9. The summed E-state index contributed by atoms with van der Waals surface area (Å²) in [5.41, 5.74) is 0. The Balaban J connectivity index is 2.24. The first-order valence-corrected chi connectivity index (χ1v) is 8.03. The molecule has 0 aliphatic heterocycles. The molecular formula is C13H17N3OS2. The van der Waals surface area contributed by atoms with Gasteiger partial charge in [0.15, 0.2) is 0 Å². The van der Waals surface area contributed by atoms with Crippen LogP contribution in [0.15, 0.2) is 17.4 Å². The Morgan fingerprint density at radius 1 is 1.47 bits per heavy atom. The molecule has 1 N–H and O–H groups in total. The molecule has 0 bridgehead atoms. The lowest BCUT2D eigenvalue weighted by atomic mass is 10.3. The maximum atomic E-state index is 11.8. The molecule has 0 radical (unpaired) electrons. The van der Waals surface area contributed by atoms with Crippen molar-refractivity contribution in [3.05, 3.63) is 17.3 Å². The molecule has 0 unspecified atom stereocenters. The predicted octanol–water partition coefficient (Wildman–Crippen LogP) is 2.87. The van der Waals surface area contributed by atoms with E-state index in [0.717, 1.165) is 21.7 Å². The van der Waals surface area contributed by atoms with Crippen LogP contribution in [0, 0.1) is 0 Å². The second-order valence-corrected chi connectivity index (χ2v) is 6.56. The summed E-state index contributed by atoms with van der Waals surface area (Å²) in [7, 11) is 0. The van der Waals surface area contributed by atoms with Gasteiger partial charge in [0.1, 0.15) is 16.2 Å². The van der Waals surface area contributed by atoms with Gasteiger partial charge in [0.2, 0.25) is 5.91 Å². The second-order valence-electron chi connectivity index (χ2n) is 4.12. The van der Waals surface area contributed by atoms with Crippen molar-refractivity contribution in [2.75, 3.05) is 6.54 Å². The number of nitrogens with one attached hydrogen (secondary N) is 1. The van der Waals surface area contributed by atoms with Crippen molar-refractivity contribution in [3.63, 3.8) is 0 Å². The van der Waals surface area contributed by atoms with Gasteiger partial charge in [-0.25, -0.2) is 9.97 Å². The molecule has 0 aliphatic carbocycles. The zero-order valence-electron chi connectivity index (χ0n) is 11.3. The summed E-state index contributed by atoms with van der Waals surface area (Å²) in [4.78, 5) is 22.7. The first kappa shape index (κ1) is 14.3. The van der Waals surface area contributed by atoms with Crippen molar-refractivity contribution in [2.45, 2.75) is 37.5 Å². The average molecular weight is 295 g/mol. The lowest BCUT2D eigenvalue weighted by molar-refractivity contribution is -0.120. The average Bonchev–Trinajstić information content (AvgIpc) is 2.83. The van der Waals surface area contributed by atoms with Gasteiger partial charge in [-0.15, -0.1) is 11.3 Å². The Bertz CT molecular complexity index is 582. The predicted molar refractivity (Wildman–Crippen MR) is 80.8 cm³/mol. The second kappa shape index (κ2) is 6.34. The minimum atomic E-state index is -0.150. The summed E-state index contributed by atoms with van der Waals surface area (Å²) in [5, 5.41) is 4.63. The van der Waals surface area contributed by atoms with Crippen LogP contribution < -0.4 is 5.32 Å². The molecule has 4 nitrogen and oxygen atoms in total. The molecule has 0 aliphatic rings. The van der Waals surface area contributed by atoms with E-state index in [-0.39, 0.29) is 11.2 Å². The van der Waals surface area contributed by atoms with Crippen LogP contribution in [0.1, 0.15) is 25.6 Å². The number of hydrogen-bond donors (Lipinski definition) is 1. The monoisotopic (exact) mass is 295 g/mol. The highest BCUT2D eigenvalue weighted by Crippen LogP contribution is 2.32. The number of thiophene rings is 1. The number of carbonyl (C=O) groups is 1. The quantitative estimate of drug-likeness (QED) is 0.681. The topological polar surface area (TPSA) is 54.9 Å². The molecular weight excluding hydrogens is 278 g/mol. The first-order chi connectivity index (χ1) is 9.15. The van der Waals surface area contributed by atoms with Crippen LogP contribution in [-0.4, -0.2) is 27.7 Å². The maximum Gasteiger partial charge on any atom is 0.233 e. The van der Waals surface area contributed by atoms with E-state index in [1.807, 2.05) is 13.8 Å². The molecule has 0 aromatic carbocycles. The summed E-state index contributed by atoms with van der Waals surface area (Å²) in [6.45, 7) is 6.60. The Hall–Kier alpha value is -1.14. The van der Waals surface area contributed by atoms with Crippen LogP contribution in [0.25, 0.3) is 10.2 Å². The van der Waals surface area contributed by atoms with Crippen molar-refractivity contribution in [2.24, 2.45) is 0 Å². The molecule has 19 heavy (non-hydrogen) atoms. The normalized spacial score (nSPS) is 12.6. The fourth-order valence-corrected chi connectivity index (χ4v) is 3.61. The Morgan fingerprint density at radius 2 is 2.26 bits per heavy atom. The van der Waals surface area contributed by atoms with Gasteiger partial charge in [0, 0.05) is 16.8 Å². The Morgan fingerprint density at radius 3 is 2.95 bits per heavy atom. The highest BCUT2D eigenvalue weighted by Gasteiger charge is 2.17. The van der Waals surface area contributed by atoms with Gasteiger partial charge in [-0.2, -0.15) is 0 Å². The molecule has 2 aromatic heterocycles. The highest BCUT2D eigenvalue weighted by atomic mass is 32.2. The van der Waals surface area contributed by atoms with Gasteiger partial charge in [0.25, 0.3) is 0 Å². The molecule has 0 spiro atoms.